The molecule has 0 spiro atoms. The van der Waals surface area contributed by atoms with Gasteiger partial charge in [-0.1, -0.05) is 11.6 Å². The predicted octanol–water partition coefficient (Wildman–Crippen LogP) is 4.21. The number of Topliss-reactive ketones (excluding diaryl/α,β-unsaturated/α-hetero) is 1. The Labute approximate surface area is 113 Å². The second-order valence-corrected chi connectivity index (χ2v) is 6.46. The van der Waals surface area contributed by atoms with Crippen molar-refractivity contribution in [2.45, 2.75) is 27.2 Å². The molecule has 0 aliphatic carbocycles. The smallest absolute Gasteiger partial charge is 0.181 e. The molecule has 5 heteroatoms. The number of aromatic nitrogens is 1. The Kier molecular flexibility index (Phi) is 3.66. The normalized spacial score (nSPS) is 10.8. The molecule has 0 aliphatic heterocycles. The van der Waals surface area contributed by atoms with Crippen molar-refractivity contribution in [2.24, 2.45) is 0 Å². The molecule has 2 heterocycles. The molecule has 2 aromatic rings. The third-order valence-corrected chi connectivity index (χ3v) is 5.35. The Morgan fingerprint density at radius 3 is 2.59 bits per heavy atom. The summed E-state index contributed by atoms with van der Waals surface area (Å²) in [5, 5.41) is 3.37. The van der Waals surface area contributed by atoms with Crippen LogP contribution in [-0.2, 0) is 6.42 Å². The van der Waals surface area contributed by atoms with E-state index in [-0.39, 0.29) is 5.78 Å². The Balaban J connectivity index is 2.20. The van der Waals surface area contributed by atoms with Gasteiger partial charge in [-0.15, -0.1) is 22.7 Å². The van der Waals surface area contributed by atoms with Gasteiger partial charge in [0.15, 0.2) is 5.78 Å². The van der Waals surface area contributed by atoms with Crippen molar-refractivity contribution < 1.29 is 4.79 Å². The van der Waals surface area contributed by atoms with E-state index in [9.17, 15) is 4.79 Å². The van der Waals surface area contributed by atoms with Gasteiger partial charge >= 0.3 is 0 Å². The SMILES string of the molecule is Cc1csc(C(=O)Cc2nc(C)c(C)s2)c1Cl. The third kappa shape index (κ3) is 2.59. The summed E-state index contributed by atoms with van der Waals surface area (Å²) in [5.74, 6) is 0.0573. The zero-order chi connectivity index (χ0) is 12.6. The Morgan fingerprint density at radius 1 is 1.41 bits per heavy atom. The first-order valence-corrected chi connectivity index (χ1v) is 7.26. The minimum absolute atomic E-state index is 0.0573. The van der Waals surface area contributed by atoms with Crippen molar-refractivity contribution >= 4 is 40.1 Å². The van der Waals surface area contributed by atoms with Crippen LogP contribution >= 0.6 is 34.3 Å². The minimum atomic E-state index is 0.0573. The summed E-state index contributed by atoms with van der Waals surface area (Å²) in [5.41, 5.74) is 1.97. The van der Waals surface area contributed by atoms with Crippen LogP contribution in [-0.4, -0.2) is 10.8 Å². The van der Waals surface area contributed by atoms with Crippen LogP contribution in [0.25, 0.3) is 0 Å². The Hall–Kier alpha value is -0.710. The average Bonchev–Trinajstić information content (AvgIpc) is 2.73. The van der Waals surface area contributed by atoms with Gasteiger partial charge in [0, 0.05) is 4.88 Å². The van der Waals surface area contributed by atoms with Gasteiger partial charge in [-0.05, 0) is 31.7 Å². The molecule has 0 saturated heterocycles. The summed E-state index contributed by atoms with van der Waals surface area (Å²) in [6.45, 7) is 5.89. The van der Waals surface area contributed by atoms with E-state index in [1.165, 1.54) is 16.2 Å². The molecule has 0 saturated carbocycles. The lowest BCUT2D eigenvalue weighted by atomic mass is 10.2. The lowest BCUT2D eigenvalue weighted by molar-refractivity contribution is 0.0997. The van der Waals surface area contributed by atoms with Crippen molar-refractivity contribution in [1.29, 1.82) is 0 Å². The number of ketones is 1. The number of thiazole rings is 1. The zero-order valence-corrected chi connectivity index (χ0v) is 12.2. The van der Waals surface area contributed by atoms with Crippen LogP contribution in [0.15, 0.2) is 5.38 Å². The van der Waals surface area contributed by atoms with Crippen LogP contribution in [0.2, 0.25) is 5.02 Å². The number of rotatable bonds is 3. The fraction of sp³-hybridized carbons (Fsp3) is 0.333. The van der Waals surface area contributed by atoms with Gasteiger partial charge in [0.05, 0.1) is 22.0 Å². The fourth-order valence-corrected chi connectivity index (χ4v) is 3.62. The maximum atomic E-state index is 12.1. The summed E-state index contributed by atoms with van der Waals surface area (Å²) >= 11 is 9.07. The molecule has 2 rings (SSSR count). The van der Waals surface area contributed by atoms with Crippen molar-refractivity contribution in [3.05, 3.63) is 36.4 Å². The second-order valence-electron chi connectivity index (χ2n) is 3.91. The van der Waals surface area contributed by atoms with Crippen LogP contribution in [0.4, 0.5) is 0 Å². The summed E-state index contributed by atoms with van der Waals surface area (Å²) in [6, 6.07) is 0. The number of hydrogen-bond acceptors (Lipinski definition) is 4. The topological polar surface area (TPSA) is 30.0 Å². The Bertz CT molecular complexity index is 552. The van der Waals surface area contributed by atoms with Crippen LogP contribution in [0.1, 0.15) is 30.8 Å². The quantitative estimate of drug-likeness (QED) is 0.791. The molecule has 2 nitrogen and oxygen atoms in total. The van der Waals surface area contributed by atoms with E-state index in [1.807, 2.05) is 26.2 Å². The first-order chi connectivity index (χ1) is 7.99. The molecule has 0 aromatic carbocycles. The lowest BCUT2D eigenvalue weighted by Gasteiger charge is -1.96. The highest BCUT2D eigenvalue weighted by atomic mass is 35.5. The molecule has 0 radical (unpaired) electrons. The number of thiophene rings is 1. The molecule has 0 atom stereocenters. The maximum Gasteiger partial charge on any atom is 0.181 e. The number of aryl methyl sites for hydroxylation is 3. The van der Waals surface area contributed by atoms with Crippen LogP contribution in [0.3, 0.4) is 0 Å². The Morgan fingerprint density at radius 2 is 2.12 bits per heavy atom. The highest BCUT2D eigenvalue weighted by Crippen LogP contribution is 2.29. The van der Waals surface area contributed by atoms with Crippen molar-refractivity contribution in [1.82, 2.24) is 4.98 Å². The minimum Gasteiger partial charge on any atom is -0.293 e. The highest BCUT2D eigenvalue weighted by molar-refractivity contribution is 7.13. The molecule has 2 aromatic heterocycles. The van der Waals surface area contributed by atoms with Gasteiger partial charge in [0.2, 0.25) is 0 Å². The summed E-state index contributed by atoms with van der Waals surface area (Å²) in [4.78, 5) is 18.2. The van der Waals surface area contributed by atoms with E-state index in [1.54, 1.807) is 11.3 Å². The molecule has 17 heavy (non-hydrogen) atoms. The number of carbonyl (C=O) groups excluding carboxylic acids is 1. The zero-order valence-electron chi connectivity index (χ0n) is 9.83. The number of nitrogens with zero attached hydrogens (tertiary/aromatic N) is 1. The van der Waals surface area contributed by atoms with E-state index in [4.69, 9.17) is 11.6 Å². The second kappa shape index (κ2) is 4.88. The van der Waals surface area contributed by atoms with Crippen molar-refractivity contribution in [3.8, 4) is 0 Å². The van der Waals surface area contributed by atoms with E-state index in [0.29, 0.717) is 16.3 Å². The standard InChI is InChI=1S/C12H12ClNOS2/c1-6-5-16-12(11(6)13)9(15)4-10-14-7(2)8(3)17-10/h5H,4H2,1-3H3. The molecule has 0 bridgehead atoms. The lowest BCUT2D eigenvalue weighted by Crippen LogP contribution is -2.01. The number of halogens is 1. The monoisotopic (exact) mass is 285 g/mol. The molecule has 0 amide bonds. The van der Waals surface area contributed by atoms with Gasteiger partial charge in [0.1, 0.15) is 5.01 Å². The van der Waals surface area contributed by atoms with Gasteiger partial charge in [-0.25, -0.2) is 4.98 Å². The van der Waals surface area contributed by atoms with Crippen molar-refractivity contribution in [2.75, 3.05) is 0 Å². The maximum absolute atomic E-state index is 12.1. The fourth-order valence-electron chi connectivity index (χ4n) is 1.45. The molecule has 0 unspecified atom stereocenters. The molecule has 90 valence electrons. The van der Waals surface area contributed by atoms with E-state index in [0.717, 1.165) is 16.3 Å². The summed E-state index contributed by atoms with van der Waals surface area (Å²) < 4.78 is 0. The van der Waals surface area contributed by atoms with Crippen molar-refractivity contribution in [3.63, 3.8) is 0 Å². The first kappa shape index (κ1) is 12.7. The van der Waals surface area contributed by atoms with E-state index >= 15 is 0 Å². The molecule has 0 aliphatic rings. The van der Waals surface area contributed by atoms with E-state index in [2.05, 4.69) is 4.98 Å². The molecule has 0 N–H and O–H groups in total. The largest absolute Gasteiger partial charge is 0.293 e. The van der Waals surface area contributed by atoms with Gasteiger partial charge in [-0.2, -0.15) is 0 Å². The first-order valence-electron chi connectivity index (χ1n) is 5.18. The van der Waals surface area contributed by atoms with Crippen LogP contribution in [0, 0.1) is 20.8 Å². The third-order valence-electron chi connectivity index (χ3n) is 2.54. The number of carbonyl (C=O) groups is 1. The molecule has 0 fully saturated rings. The van der Waals surface area contributed by atoms with Gasteiger partial charge in [-0.3, -0.25) is 4.79 Å². The van der Waals surface area contributed by atoms with Gasteiger partial charge in [0.25, 0.3) is 0 Å². The van der Waals surface area contributed by atoms with Gasteiger partial charge < -0.3 is 0 Å². The predicted molar refractivity (Wildman–Crippen MR) is 73.7 cm³/mol. The van der Waals surface area contributed by atoms with E-state index < -0.39 is 0 Å². The summed E-state index contributed by atoms with van der Waals surface area (Å²) in [7, 11) is 0. The van der Waals surface area contributed by atoms with Crippen LogP contribution < -0.4 is 0 Å². The van der Waals surface area contributed by atoms with Crippen LogP contribution in [0.5, 0.6) is 0 Å². The molecular formula is C12H12ClNOS2. The number of hydrogen-bond donors (Lipinski definition) is 0. The average molecular weight is 286 g/mol. The highest BCUT2D eigenvalue weighted by Gasteiger charge is 2.17. The summed E-state index contributed by atoms with van der Waals surface area (Å²) in [6.07, 6.45) is 0.346. The molecular weight excluding hydrogens is 274 g/mol.